The van der Waals surface area contributed by atoms with Crippen molar-refractivity contribution in [3.8, 4) is 0 Å². The van der Waals surface area contributed by atoms with Crippen LogP contribution in [0.2, 0.25) is 0 Å². The van der Waals surface area contributed by atoms with Crippen LogP contribution in [0.3, 0.4) is 0 Å². The maximum Gasteiger partial charge on any atom is 0.303 e. The Bertz CT molecular complexity index is 572. The van der Waals surface area contributed by atoms with Gasteiger partial charge in [-0.15, -0.1) is 0 Å². The quantitative estimate of drug-likeness (QED) is 0.845. The van der Waals surface area contributed by atoms with E-state index < -0.39 is 12.1 Å². The van der Waals surface area contributed by atoms with Crippen LogP contribution in [0.1, 0.15) is 67.9 Å². The van der Waals surface area contributed by atoms with E-state index in [-0.39, 0.29) is 12.3 Å². The molecular formula is C19H27NO3. The molecule has 1 aromatic rings. The molecule has 0 saturated carbocycles. The summed E-state index contributed by atoms with van der Waals surface area (Å²) in [4.78, 5) is 13.3. The molecule has 1 aliphatic carbocycles. The van der Waals surface area contributed by atoms with E-state index >= 15 is 0 Å². The number of hydrogen-bond acceptors (Lipinski definition) is 3. The molecule has 0 saturated heterocycles. The maximum atomic E-state index is 10.8. The fourth-order valence-corrected chi connectivity index (χ4v) is 4.40. The summed E-state index contributed by atoms with van der Waals surface area (Å²) in [5.74, 6) is -0.581. The average molecular weight is 317 g/mol. The van der Waals surface area contributed by atoms with Crippen molar-refractivity contribution < 1.29 is 15.0 Å². The van der Waals surface area contributed by atoms with Crippen molar-refractivity contribution in [3.63, 3.8) is 0 Å². The van der Waals surface area contributed by atoms with Gasteiger partial charge in [-0.25, -0.2) is 0 Å². The molecule has 126 valence electrons. The van der Waals surface area contributed by atoms with Gasteiger partial charge in [0, 0.05) is 19.0 Å². The van der Waals surface area contributed by atoms with Gasteiger partial charge >= 0.3 is 5.97 Å². The zero-order valence-electron chi connectivity index (χ0n) is 13.9. The van der Waals surface area contributed by atoms with Crippen LogP contribution in [-0.2, 0) is 11.2 Å². The summed E-state index contributed by atoms with van der Waals surface area (Å²) < 4.78 is 0. The van der Waals surface area contributed by atoms with Crippen molar-refractivity contribution in [3.05, 3.63) is 34.9 Å². The molecule has 2 aliphatic rings. The molecular weight excluding hydrogens is 290 g/mol. The fraction of sp³-hybridized carbons (Fsp3) is 0.632. The van der Waals surface area contributed by atoms with Gasteiger partial charge in [0.05, 0.1) is 6.10 Å². The topological polar surface area (TPSA) is 60.8 Å². The summed E-state index contributed by atoms with van der Waals surface area (Å²) in [6.45, 7) is 4.40. The van der Waals surface area contributed by atoms with Gasteiger partial charge in [-0.2, -0.15) is 0 Å². The first-order chi connectivity index (χ1) is 11.1. The number of aliphatic hydroxyl groups is 1. The number of carboxylic acid groups (broad SMARTS) is 1. The number of nitrogens with zero attached hydrogens (tertiary/aromatic N) is 1. The average Bonchev–Trinajstić information content (AvgIpc) is 2.53. The largest absolute Gasteiger partial charge is 0.481 e. The summed E-state index contributed by atoms with van der Waals surface area (Å²) >= 11 is 0. The molecule has 0 amide bonds. The first kappa shape index (κ1) is 16.5. The molecule has 23 heavy (non-hydrogen) atoms. The first-order valence-electron chi connectivity index (χ1n) is 8.87. The molecule has 2 N–H and O–H groups in total. The Morgan fingerprint density at radius 3 is 2.96 bits per heavy atom. The van der Waals surface area contributed by atoms with Gasteiger partial charge in [0.25, 0.3) is 0 Å². The second-order valence-electron chi connectivity index (χ2n) is 6.95. The zero-order chi connectivity index (χ0) is 16.4. The molecule has 3 unspecified atom stereocenters. The predicted molar refractivity (Wildman–Crippen MR) is 89.3 cm³/mol. The van der Waals surface area contributed by atoms with Crippen LogP contribution in [0.4, 0.5) is 0 Å². The van der Waals surface area contributed by atoms with Crippen LogP contribution in [0.15, 0.2) is 18.2 Å². The lowest BCUT2D eigenvalue weighted by atomic mass is 9.72. The number of aliphatic carboxylic acids is 1. The number of rotatable bonds is 6. The van der Waals surface area contributed by atoms with Crippen LogP contribution in [-0.4, -0.2) is 34.2 Å². The molecule has 0 radical (unpaired) electrons. The second-order valence-corrected chi connectivity index (χ2v) is 6.95. The summed E-state index contributed by atoms with van der Waals surface area (Å²) in [5, 5.41) is 19.7. The Morgan fingerprint density at radius 1 is 1.39 bits per heavy atom. The van der Waals surface area contributed by atoms with Crippen molar-refractivity contribution in [1.82, 2.24) is 4.90 Å². The lowest BCUT2D eigenvalue weighted by molar-refractivity contribution is -0.137. The molecule has 1 aromatic carbocycles. The van der Waals surface area contributed by atoms with Gasteiger partial charge in [-0.1, -0.05) is 25.1 Å². The van der Waals surface area contributed by atoms with Crippen LogP contribution in [0, 0.1) is 5.92 Å². The van der Waals surface area contributed by atoms with Crippen molar-refractivity contribution in [2.75, 3.05) is 13.1 Å². The molecule has 0 fully saturated rings. The molecule has 0 bridgehead atoms. The van der Waals surface area contributed by atoms with Crippen LogP contribution in [0.5, 0.6) is 0 Å². The number of carboxylic acids is 1. The van der Waals surface area contributed by atoms with Crippen molar-refractivity contribution >= 4 is 5.97 Å². The van der Waals surface area contributed by atoms with Crippen LogP contribution < -0.4 is 0 Å². The molecule has 1 heterocycles. The second kappa shape index (κ2) is 7.02. The van der Waals surface area contributed by atoms with E-state index in [2.05, 4.69) is 30.0 Å². The van der Waals surface area contributed by atoms with Crippen LogP contribution >= 0.6 is 0 Å². The highest BCUT2D eigenvalue weighted by Gasteiger charge is 2.39. The highest BCUT2D eigenvalue weighted by Crippen LogP contribution is 2.47. The van der Waals surface area contributed by atoms with E-state index in [1.54, 1.807) is 0 Å². The molecule has 1 aliphatic heterocycles. The van der Waals surface area contributed by atoms with Crippen molar-refractivity contribution in [1.29, 1.82) is 0 Å². The Morgan fingerprint density at radius 2 is 2.22 bits per heavy atom. The normalized spacial score (nSPS) is 26.8. The number of carbonyl (C=O) groups is 1. The van der Waals surface area contributed by atoms with Crippen LogP contribution in [0.25, 0.3) is 0 Å². The smallest absolute Gasteiger partial charge is 0.303 e. The molecule has 3 atom stereocenters. The minimum absolute atomic E-state index is 0.166. The number of hydrogen-bond donors (Lipinski definition) is 2. The minimum atomic E-state index is -0.747. The Balaban J connectivity index is 1.85. The summed E-state index contributed by atoms with van der Waals surface area (Å²) in [7, 11) is 0. The third kappa shape index (κ3) is 3.29. The van der Waals surface area contributed by atoms with E-state index in [0.29, 0.717) is 12.5 Å². The van der Waals surface area contributed by atoms with E-state index in [4.69, 9.17) is 5.11 Å². The molecule has 4 nitrogen and oxygen atoms in total. The lowest BCUT2D eigenvalue weighted by Gasteiger charge is -2.45. The molecule has 4 heteroatoms. The Hall–Kier alpha value is -1.39. The molecule has 0 aromatic heterocycles. The fourth-order valence-electron chi connectivity index (χ4n) is 4.40. The summed E-state index contributed by atoms with van der Waals surface area (Å²) in [6, 6.07) is 6.72. The summed E-state index contributed by atoms with van der Waals surface area (Å²) in [5.41, 5.74) is 3.83. The van der Waals surface area contributed by atoms with Gasteiger partial charge in [-0.3, -0.25) is 9.69 Å². The van der Waals surface area contributed by atoms with Gasteiger partial charge in [-0.05, 0) is 61.3 Å². The van der Waals surface area contributed by atoms with Crippen molar-refractivity contribution in [2.45, 2.75) is 57.6 Å². The van der Waals surface area contributed by atoms with Gasteiger partial charge in [0.1, 0.15) is 0 Å². The van der Waals surface area contributed by atoms with Gasteiger partial charge < -0.3 is 10.2 Å². The third-order valence-electron chi connectivity index (χ3n) is 5.44. The number of aliphatic hydroxyl groups excluding tert-OH is 1. The molecule has 3 rings (SSSR count). The lowest BCUT2D eigenvalue weighted by Crippen LogP contribution is -2.41. The Labute approximate surface area is 138 Å². The SMILES string of the molecule is CCCN1CCc2cccc3c2C1CC(CCCC(=O)O)C3O. The summed E-state index contributed by atoms with van der Waals surface area (Å²) in [6.07, 6.45) is 4.33. The zero-order valence-corrected chi connectivity index (χ0v) is 13.9. The highest BCUT2D eigenvalue weighted by molar-refractivity contribution is 5.66. The highest BCUT2D eigenvalue weighted by atomic mass is 16.4. The van der Waals surface area contributed by atoms with E-state index in [1.165, 1.54) is 11.1 Å². The monoisotopic (exact) mass is 317 g/mol. The number of benzene rings is 1. The van der Waals surface area contributed by atoms with E-state index in [9.17, 15) is 9.90 Å². The predicted octanol–water partition coefficient (Wildman–Crippen LogP) is 3.30. The van der Waals surface area contributed by atoms with E-state index in [1.807, 2.05) is 0 Å². The minimum Gasteiger partial charge on any atom is -0.481 e. The first-order valence-corrected chi connectivity index (χ1v) is 8.87. The van der Waals surface area contributed by atoms with Crippen molar-refractivity contribution in [2.24, 2.45) is 5.92 Å². The Kier molecular flexibility index (Phi) is 5.02. The van der Waals surface area contributed by atoms with Gasteiger partial charge in [0.2, 0.25) is 0 Å². The third-order valence-corrected chi connectivity index (χ3v) is 5.44. The molecule has 0 spiro atoms. The van der Waals surface area contributed by atoms with E-state index in [0.717, 1.165) is 44.3 Å². The van der Waals surface area contributed by atoms with Gasteiger partial charge in [0.15, 0.2) is 0 Å². The maximum absolute atomic E-state index is 10.8. The standard InChI is InChI=1S/C19H27NO3/c1-2-10-20-11-9-13-5-3-7-15-18(13)16(20)12-14(19(15)23)6-4-8-17(21)22/h3,5,7,14,16,19,23H,2,4,6,8-12H2,1H3,(H,21,22).